The molecule has 1 heterocycles. The molecule has 1 N–H and O–H groups in total. The molecule has 3 rings (SSSR count). The number of aromatic nitrogens is 2. The molecular formula is C19H18ClN3O3S. The number of rotatable bonds is 7. The predicted octanol–water partition coefficient (Wildman–Crippen LogP) is 3.33. The van der Waals surface area contributed by atoms with E-state index in [1.165, 1.54) is 19.2 Å². The van der Waals surface area contributed by atoms with E-state index in [2.05, 4.69) is 14.7 Å². The zero-order valence-electron chi connectivity index (χ0n) is 14.6. The molecule has 6 nitrogen and oxygen atoms in total. The Labute approximate surface area is 163 Å². The van der Waals surface area contributed by atoms with Gasteiger partial charge in [0, 0.05) is 29.5 Å². The molecule has 0 saturated carbocycles. The third-order valence-electron chi connectivity index (χ3n) is 3.86. The number of ether oxygens (including phenoxy) is 1. The van der Waals surface area contributed by atoms with Gasteiger partial charge in [0.05, 0.1) is 7.11 Å². The van der Waals surface area contributed by atoms with Gasteiger partial charge >= 0.3 is 0 Å². The molecule has 0 aliphatic carbocycles. The van der Waals surface area contributed by atoms with Gasteiger partial charge in [-0.25, -0.2) is 23.1 Å². The van der Waals surface area contributed by atoms with Gasteiger partial charge in [0.1, 0.15) is 10.6 Å². The Morgan fingerprint density at radius 1 is 1.07 bits per heavy atom. The van der Waals surface area contributed by atoms with Crippen LogP contribution in [-0.2, 0) is 16.4 Å². The molecule has 3 aromatic rings. The van der Waals surface area contributed by atoms with Crippen LogP contribution in [0.5, 0.6) is 5.75 Å². The first-order chi connectivity index (χ1) is 13.0. The molecule has 1 aromatic heterocycles. The number of benzene rings is 2. The maximum absolute atomic E-state index is 12.5. The molecule has 0 atom stereocenters. The third kappa shape index (κ3) is 4.82. The molecule has 0 radical (unpaired) electrons. The van der Waals surface area contributed by atoms with Gasteiger partial charge in [0.15, 0.2) is 5.82 Å². The second-order valence-corrected chi connectivity index (χ2v) is 7.90. The number of methoxy groups -OCH3 is 1. The average Bonchev–Trinajstić information content (AvgIpc) is 2.69. The van der Waals surface area contributed by atoms with E-state index in [4.69, 9.17) is 16.3 Å². The summed E-state index contributed by atoms with van der Waals surface area (Å²) in [5, 5.41) is 0.320. The summed E-state index contributed by atoms with van der Waals surface area (Å²) < 4.78 is 32.7. The Morgan fingerprint density at radius 2 is 1.78 bits per heavy atom. The molecule has 2 aromatic carbocycles. The molecule has 8 heteroatoms. The van der Waals surface area contributed by atoms with Gasteiger partial charge in [-0.05, 0) is 30.2 Å². The summed E-state index contributed by atoms with van der Waals surface area (Å²) in [6.07, 6.45) is 3.85. The van der Waals surface area contributed by atoms with Crippen LogP contribution in [0, 0.1) is 0 Å². The van der Waals surface area contributed by atoms with E-state index >= 15 is 0 Å². The molecular weight excluding hydrogens is 386 g/mol. The van der Waals surface area contributed by atoms with Crippen LogP contribution in [0.1, 0.15) is 5.56 Å². The molecule has 140 valence electrons. The monoisotopic (exact) mass is 403 g/mol. The summed E-state index contributed by atoms with van der Waals surface area (Å²) in [7, 11) is -2.34. The van der Waals surface area contributed by atoms with Crippen molar-refractivity contribution in [1.29, 1.82) is 0 Å². The van der Waals surface area contributed by atoms with Gasteiger partial charge in [-0.1, -0.05) is 41.9 Å². The van der Waals surface area contributed by atoms with E-state index in [-0.39, 0.29) is 17.2 Å². The van der Waals surface area contributed by atoms with Crippen LogP contribution in [0.2, 0.25) is 5.02 Å². The lowest BCUT2D eigenvalue weighted by Gasteiger charge is -2.11. The topological polar surface area (TPSA) is 81.2 Å². The fourth-order valence-electron chi connectivity index (χ4n) is 2.49. The fourth-order valence-corrected chi connectivity index (χ4v) is 3.95. The van der Waals surface area contributed by atoms with Crippen LogP contribution in [0.3, 0.4) is 0 Å². The highest BCUT2D eigenvalue weighted by Crippen LogP contribution is 2.26. The number of nitrogens with zero attached hydrogens (tertiary/aromatic N) is 2. The minimum absolute atomic E-state index is 0.00757. The van der Waals surface area contributed by atoms with Crippen molar-refractivity contribution in [3.63, 3.8) is 0 Å². The lowest BCUT2D eigenvalue weighted by Crippen LogP contribution is -2.26. The Hall–Kier alpha value is -2.48. The molecule has 0 aliphatic rings. The second-order valence-electron chi connectivity index (χ2n) is 5.72. The minimum atomic E-state index is -3.75. The second kappa shape index (κ2) is 8.47. The molecule has 0 saturated heterocycles. The molecule has 0 aliphatic heterocycles. The van der Waals surface area contributed by atoms with Crippen molar-refractivity contribution < 1.29 is 13.2 Å². The molecule has 27 heavy (non-hydrogen) atoms. The first-order valence-electron chi connectivity index (χ1n) is 8.19. The minimum Gasteiger partial charge on any atom is -0.495 e. The summed E-state index contributed by atoms with van der Waals surface area (Å²) in [6.45, 7) is 0.200. The average molecular weight is 404 g/mol. The number of halogens is 1. The largest absolute Gasteiger partial charge is 0.495 e. The zero-order valence-corrected chi connectivity index (χ0v) is 16.2. The van der Waals surface area contributed by atoms with Crippen LogP contribution in [-0.4, -0.2) is 32.0 Å². The lowest BCUT2D eigenvalue weighted by atomic mass is 10.2. The van der Waals surface area contributed by atoms with Crippen LogP contribution in [0.4, 0.5) is 0 Å². The van der Waals surface area contributed by atoms with E-state index in [9.17, 15) is 8.42 Å². The normalized spacial score (nSPS) is 11.3. The summed E-state index contributed by atoms with van der Waals surface area (Å²) in [5.74, 6) is 0.867. The fraction of sp³-hybridized carbons (Fsp3) is 0.158. The summed E-state index contributed by atoms with van der Waals surface area (Å²) in [6, 6.07) is 14.1. The standard InChI is InChI=1S/C19H18ClN3O3S/c1-26-17-8-7-16(20)11-18(17)27(24,25)23-10-9-14-12-21-19(22-13-14)15-5-3-2-4-6-15/h2-8,11-13,23H,9-10H2,1H3. The number of nitrogens with one attached hydrogen (secondary N) is 1. The van der Waals surface area contributed by atoms with Gasteiger partial charge in [0.2, 0.25) is 10.0 Å². The number of sulfonamides is 1. The first kappa shape index (κ1) is 19.3. The Morgan fingerprint density at radius 3 is 2.44 bits per heavy atom. The predicted molar refractivity (Wildman–Crippen MR) is 104 cm³/mol. The van der Waals surface area contributed by atoms with E-state index in [1.807, 2.05) is 30.3 Å². The SMILES string of the molecule is COc1ccc(Cl)cc1S(=O)(=O)NCCc1cnc(-c2ccccc2)nc1. The van der Waals surface area contributed by atoms with E-state index in [0.29, 0.717) is 17.3 Å². The Bertz CT molecular complexity index is 1010. The maximum atomic E-state index is 12.5. The van der Waals surface area contributed by atoms with Crippen molar-refractivity contribution in [2.45, 2.75) is 11.3 Å². The van der Waals surface area contributed by atoms with Crippen molar-refractivity contribution in [3.05, 3.63) is 71.5 Å². The van der Waals surface area contributed by atoms with Gasteiger partial charge in [-0.15, -0.1) is 0 Å². The van der Waals surface area contributed by atoms with Crippen molar-refractivity contribution >= 4 is 21.6 Å². The lowest BCUT2D eigenvalue weighted by molar-refractivity contribution is 0.402. The third-order valence-corrected chi connectivity index (χ3v) is 5.58. The highest BCUT2D eigenvalue weighted by Gasteiger charge is 2.19. The molecule has 0 fully saturated rings. The highest BCUT2D eigenvalue weighted by molar-refractivity contribution is 7.89. The maximum Gasteiger partial charge on any atom is 0.244 e. The van der Waals surface area contributed by atoms with Crippen molar-refractivity contribution in [1.82, 2.24) is 14.7 Å². The van der Waals surface area contributed by atoms with Crippen molar-refractivity contribution in [2.24, 2.45) is 0 Å². The highest BCUT2D eigenvalue weighted by atomic mass is 35.5. The van der Waals surface area contributed by atoms with Crippen molar-refractivity contribution in [2.75, 3.05) is 13.7 Å². The van der Waals surface area contributed by atoms with E-state index < -0.39 is 10.0 Å². The van der Waals surface area contributed by atoms with Gasteiger partial charge in [-0.2, -0.15) is 0 Å². The van der Waals surface area contributed by atoms with Crippen molar-refractivity contribution in [3.8, 4) is 17.1 Å². The van der Waals surface area contributed by atoms with Crippen LogP contribution in [0.15, 0.2) is 65.8 Å². The number of hydrogen-bond acceptors (Lipinski definition) is 5. The summed E-state index contributed by atoms with van der Waals surface area (Å²) in [4.78, 5) is 8.68. The first-order valence-corrected chi connectivity index (χ1v) is 10.1. The molecule has 0 spiro atoms. The van der Waals surface area contributed by atoms with Gasteiger partial charge < -0.3 is 4.74 Å². The quantitative estimate of drug-likeness (QED) is 0.654. The van der Waals surface area contributed by atoms with Crippen LogP contribution >= 0.6 is 11.6 Å². The smallest absolute Gasteiger partial charge is 0.244 e. The zero-order chi connectivity index (χ0) is 19.3. The molecule has 0 unspecified atom stereocenters. The Kier molecular flexibility index (Phi) is 6.05. The number of hydrogen-bond donors (Lipinski definition) is 1. The van der Waals surface area contributed by atoms with E-state index in [1.54, 1.807) is 18.5 Å². The van der Waals surface area contributed by atoms with Crippen LogP contribution in [0.25, 0.3) is 11.4 Å². The summed E-state index contributed by atoms with van der Waals surface area (Å²) in [5.41, 5.74) is 1.76. The Balaban J connectivity index is 1.65. The molecule has 0 bridgehead atoms. The van der Waals surface area contributed by atoms with Crippen LogP contribution < -0.4 is 9.46 Å². The van der Waals surface area contributed by atoms with Gasteiger partial charge in [0.25, 0.3) is 0 Å². The molecule has 0 amide bonds. The van der Waals surface area contributed by atoms with Gasteiger partial charge in [-0.3, -0.25) is 0 Å². The summed E-state index contributed by atoms with van der Waals surface area (Å²) >= 11 is 5.91. The van der Waals surface area contributed by atoms with E-state index in [0.717, 1.165) is 11.1 Å².